The van der Waals surface area contributed by atoms with Gasteiger partial charge in [0, 0.05) is 21.1 Å². The average molecular weight is 338 g/mol. The maximum atomic E-state index is 12.9. The standard InChI is InChI=1S/C10H7Br2FS/c11-9-5-7(13)6-10(12)8(9)3-1-2-4-14/h5-6,14H,2,4H2. The van der Waals surface area contributed by atoms with Crippen LogP contribution >= 0.6 is 44.5 Å². The lowest BCUT2D eigenvalue weighted by atomic mass is 10.2. The van der Waals surface area contributed by atoms with Gasteiger partial charge in [-0.15, -0.1) is 0 Å². The van der Waals surface area contributed by atoms with Crippen molar-refractivity contribution < 1.29 is 4.39 Å². The molecule has 0 unspecified atom stereocenters. The Hall–Kier alpha value is 0.0200. The molecule has 0 saturated carbocycles. The highest BCUT2D eigenvalue weighted by atomic mass is 79.9. The lowest BCUT2D eigenvalue weighted by Gasteiger charge is -1.99. The van der Waals surface area contributed by atoms with E-state index >= 15 is 0 Å². The minimum atomic E-state index is -0.288. The van der Waals surface area contributed by atoms with Crippen molar-refractivity contribution in [2.75, 3.05) is 5.75 Å². The zero-order valence-corrected chi connectivity index (χ0v) is 11.2. The van der Waals surface area contributed by atoms with Crippen molar-refractivity contribution in [1.29, 1.82) is 0 Å². The fraction of sp³-hybridized carbons (Fsp3) is 0.200. The van der Waals surface area contributed by atoms with Crippen LogP contribution in [0.1, 0.15) is 12.0 Å². The van der Waals surface area contributed by atoms with Crippen molar-refractivity contribution >= 4 is 44.5 Å². The van der Waals surface area contributed by atoms with Gasteiger partial charge in [-0.2, -0.15) is 12.6 Å². The first-order valence-electron chi connectivity index (χ1n) is 3.89. The molecule has 1 aromatic carbocycles. The van der Waals surface area contributed by atoms with Gasteiger partial charge in [0.05, 0.1) is 5.56 Å². The van der Waals surface area contributed by atoms with Gasteiger partial charge in [0.25, 0.3) is 0 Å². The van der Waals surface area contributed by atoms with E-state index in [1.807, 2.05) is 0 Å². The minimum Gasteiger partial charge on any atom is -0.207 e. The fourth-order valence-electron chi connectivity index (χ4n) is 0.868. The lowest BCUT2D eigenvalue weighted by molar-refractivity contribution is 0.626. The second-order valence-electron chi connectivity index (χ2n) is 2.52. The molecule has 0 bridgehead atoms. The van der Waals surface area contributed by atoms with Crippen LogP contribution in [0.2, 0.25) is 0 Å². The molecular weight excluding hydrogens is 331 g/mol. The predicted octanol–water partition coefficient (Wildman–Crippen LogP) is 4.02. The third-order valence-corrected chi connectivity index (χ3v) is 2.93. The zero-order valence-electron chi connectivity index (χ0n) is 7.15. The number of thiol groups is 1. The molecule has 0 aromatic heterocycles. The topological polar surface area (TPSA) is 0 Å². The summed E-state index contributed by atoms with van der Waals surface area (Å²) in [6, 6.07) is 2.80. The van der Waals surface area contributed by atoms with Crippen LogP contribution in [0.5, 0.6) is 0 Å². The largest absolute Gasteiger partial charge is 0.207 e. The number of hydrogen-bond donors (Lipinski definition) is 1. The van der Waals surface area contributed by atoms with Crippen LogP contribution < -0.4 is 0 Å². The highest BCUT2D eigenvalue weighted by Crippen LogP contribution is 2.25. The summed E-state index contributed by atoms with van der Waals surface area (Å²) in [5.41, 5.74) is 0.771. The summed E-state index contributed by atoms with van der Waals surface area (Å²) >= 11 is 10.6. The second-order valence-corrected chi connectivity index (χ2v) is 4.68. The normalized spacial score (nSPS) is 9.43. The molecule has 0 heterocycles. The van der Waals surface area contributed by atoms with Crippen LogP contribution in [0.15, 0.2) is 21.1 Å². The number of rotatable bonds is 1. The van der Waals surface area contributed by atoms with Gasteiger partial charge in [0.2, 0.25) is 0 Å². The molecule has 4 heteroatoms. The average Bonchev–Trinajstić information content (AvgIpc) is 2.09. The van der Waals surface area contributed by atoms with Gasteiger partial charge in [-0.25, -0.2) is 4.39 Å². The summed E-state index contributed by atoms with van der Waals surface area (Å²) in [5.74, 6) is 6.33. The molecule has 0 fully saturated rings. The van der Waals surface area contributed by atoms with Gasteiger partial charge in [-0.05, 0) is 44.0 Å². The highest BCUT2D eigenvalue weighted by Gasteiger charge is 2.04. The molecule has 0 atom stereocenters. The Labute approximate surface area is 105 Å². The van der Waals surface area contributed by atoms with Crippen molar-refractivity contribution in [2.24, 2.45) is 0 Å². The molecular formula is C10H7Br2FS. The number of hydrogen-bond acceptors (Lipinski definition) is 1. The van der Waals surface area contributed by atoms with E-state index in [0.717, 1.165) is 17.7 Å². The maximum Gasteiger partial charge on any atom is 0.125 e. The fourth-order valence-corrected chi connectivity index (χ4v) is 2.31. The molecule has 1 rings (SSSR count). The minimum absolute atomic E-state index is 0.288. The molecule has 74 valence electrons. The van der Waals surface area contributed by atoms with Gasteiger partial charge < -0.3 is 0 Å². The van der Waals surface area contributed by atoms with Crippen LogP contribution in [0.3, 0.4) is 0 Å². The van der Waals surface area contributed by atoms with Crippen molar-refractivity contribution in [1.82, 2.24) is 0 Å². The van der Waals surface area contributed by atoms with Gasteiger partial charge in [-0.3, -0.25) is 0 Å². The van der Waals surface area contributed by atoms with E-state index in [1.165, 1.54) is 12.1 Å². The summed E-state index contributed by atoms with van der Waals surface area (Å²) in [5, 5.41) is 0. The quantitative estimate of drug-likeness (QED) is 0.580. The van der Waals surface area contributed by atoms with Crippen LogP contribution in [0.25, 0.3) is 0 Å². The molecule has 0 N–H and O–H groups in total. The molecule has 0 aliphatic rings. The number of halogens is 3. The summed E-state index contributed by atoms with van der Waals surface area (Å²) < 4.78 is 14.2. The molecule has 1 aromatic rings. The summed E-state index contributed by atoms with van der Waals surface area (Å²) in [4.78, 5) is 0. The van der Waals surface area contributed by atoms with Crippen LogP contribution in [-0.4, -0.2) is 5.75 Å². The zero-order chi connectivity index (χ0) is 10.6. The van der Waals surface area contributed by atoms with Crippen molar-refractivity contribution in [3.63, 3.8) is 0 Å². The molecule has 0 amide bonds. The van der Waals surface area contributed by atoms with E-state index in [1.54, 1.807) is 0 Å². The maximum absolute atomic E-state index is 12.9. The Kier molecular flexibility index (Phi) is 5.00. The van der Waals surface area contributed by atoms with Gasteiger partial charge in [-0.1, -0.05) is 11.8 Å². The summed E-state index contributed by atoms with van der Waals surface area (Å²) in [6.07, 6.45) is 0.722. The molecule has 0 nitrogen and oxygen atoms in total. The molecule has 0 saturated heterocycles. The number of benzene rings is 1. The third-order valence-electron chi connectivity index (χ3n) is 1.46. The first-order valence-corrected chi connectivity index (χ1v) is 6.11. The van der Waals surface area contributed by atoms with Crippen LogP contribution in [0.4, 0.5) is 4.39 Å². The summed E-state index contributed by atoms with van der Waals surface area (Å²) in [6.45, 7) is 0. The Bertz CT molecular complexity index is 370. The van der Waals surface area contributed by atoms with Crippen LogP contribution in [0, 0.1) is 17.7 Å². The monoisotopic (exact) mass is 336 g/mol. The first-order chi connectivity index (χ1) is 6.65. The SMILES string of the molecule is Fc1cc(Br)c(C#CCCS)c(Br)c1. The second kappa shape index (κ2) is 5.79. The third kappa shape index (κ3) is 3.30. The van der Waals surface area contributed by atoms with Crippen molar-refractivity contribution in [3.8, 4) is 11.8 Å². The van der Waals surface area contributed by atoms with E-state index in [-0.39, 0.29) is 5.82 Å². The van der Waals surface area contributed by atoms with Crippen molar-refractivity contribution in [3.05, 3.63) is 32.5 Å². The Morgan fingerprint density at radius 3 is 2.36 bits per heavy atom. The van der Waals surface area contributed by atoms with E-state index in [4.69, 9.17) is 0 Å². The first kappa shape index (κ1) is 12.1. The molecule has 0 aliphatic heterocycles. The Morgan fingerprint density at radius 1 is 1.29 bits per heavy atom. The predicted molar refractivity (Wildman–Crippen MR) is 67.1 cm³/mol. The molecule has 0 spiro atoms. The summed E-state index contributed by atoms with van der Waals surface area (Å²) in [7, 11) is 0. The van der Waals surface area contributed by atoms with E-state index < -0.39 is 0 Å². The van der Waals surface area contributed by atoms with Gasteiger partial charge in [0.1, 0.15) is 5.82 Å². The van der Waals surface area contributed by atoms with E-state index in [9.17, 15) is 4.39 Å². The van der Waals surface area contributed by atoms with E-state index in [0.29, 0.717) is 8.95 Å². The van der Waals surface area contributed by atoms with Crippen molar-refractivity contribution in [2.45, 2.75) is 6.42 Å². The van der Waals surface area contributed by atoms with Gasteiger partial charge in [0.15, 0.2) is 0 Å². The Morgan fingerprint density at radius 2 is 1.86 bits per heavy atom. The van der Waals surface area contributed by atoms with E-state index in [2.05, 4.69) is 56.3 Å². The Balaban J connectivity index is 3.04. The lowest BCUT2D eigenvalue weighted by Crippen LogP contribution is -1.84. The smallest absolute Gasteiger partial charge is 0.125 e. The molecule has 0 aliphatic carbocycles. The molecule has 0 radical (unpaired) electrons. The highest BCUT2D eigenvalue weighted by molar-refractivity contribution is 9.11. The van der Waals surface area contributed by atoms with Crippen LogP contribution in [-0.2, 0) is 0 Å². The molecule has 14 heavy (non-hydrogen) atoms. The van der Waals surface area contributed by atoms with Gasteiger partial charge >= 0.3 is 0 Å².